The van der Waals surface area contributed by atoms with Gasteiger partial charge in [-0.25, -0.2) is 13.1 Å². The third-order valence-corrected chi connectivity index (χ3v) is 4.93. The monoisotopic (exact) mass is 348 g/mol. The second-order valence-electron chi connectivity index (χ2n) is 3.93. The van der Waals surface area contributed by atoms with Gasteiger partial charge in [0.05, 0.1) is 10.7 Å². The van der Waals surface area contributed by atoms with Gasteiger partial charge in [0.1, 0.15) is 11.6 Å². The number of hydrogen-bond acceptors (Lipinski definition) is 5. The van der Waals surface area contributed by atoms with Crippen LogP contribution in [0.1, 0.15) is 11.6 Å². The summed E-state index contributed by atoms with van der Waals surface area (Å²) in [5.41, 5.74) is 0. The molecule has 0 fully saturated rings. The topological polar surface area (TPSA) is 90.0 Å². The fraction of sp³-hybridized carbons (Fsp3) is 0.400. The van der Waals surface area contributed by atoms with Crippen molar-refractivity contribution in [1.82, 2.24) is 19.5 Å². The standard InChI is InChI=1S/C10H13BrN4O3S/c1-7-13-14-9(15(7)2)3-5-12-19(16,17)10-8(11)4-6-18-10/h4,6,12H,3,5H2,1-2H3. The van der Waals surface area contributed by atoms with E-state index in [1.807, 2.05) is 18.5 Å². The predicted octanol–water partition coefficient (Wildman–Crippen LogP) is 1.00. The Bertz CT molecular complexity index is 677. The lowest BCUT2D eigenvalue weighted by Crippen LogP contribution is -2.26. The summed E-state index contributed by atoms with van der Waals surface area (Å²) < 4.78 is 33.4. The van der Waals surface area contributed by atoms with Crippen molar-refractivity contribution in [3.63, 3.8) is 0 Å². The molecule has 104 valence electrons. The summed E-state index contributed by atoms with van der Waals surface area (Å²) in [5.74, 6) is 1.50. The van der Waals surface area contributed by atoms with E-state index in [0.717, 1.165) is 11.6 Å². The van der Waals surface area contributed by atoms with Crippen LogP contribution in [0.15, 0.2) is 26.3 Å². The second kappa shape index (κ2) is 5.43. The lowest BCUT2D eigenvalue weighted by Gasteiger charge is -2.04. The van der Waals surface area contributed by atoms with Crippen LogP contribution < -0.4 is 4.72 Å². The fourth-order valence-corrected chi connectivity index (χ4v) is 3.35. The molecule has 0 bridgehead atoms. The summed E-state index contributed by atoms with van der Waals surface area (Å²) in [6, 6.07) is 1.53. The van der Waals surface area contributed by atoms with Crippen LogP contribution in [-0.2, 0) is 23.5 Å². The molecule has 7 nitrogen and oxygen atoms in total. The molecular formula is C10H13BrN4O3S. The molecule has 9 heteroatoms. The van der Waals surface area contributed by atoms with Crippen molar-refractivity contribution < 1.29 is 12.8 Å². The number of aryl methyl sites for hydroxylation is 1. The van der Waals surface area contributed by atoms with Crippen molar-refractivity contribution in [3.8, 4) is 0 Å². The van der Waals surface area contributed by atoms with Crippen molar-refractivity contribution in [3.05, 3.63) is 28.5 Å². The Morgan fingerprint density at radius 3 is 2.74 bits per heavy atom. The largest absolute Gasteiger partial charge is 0.451 e. The number of nitrogens with zero attached hydrogens (tertiary/aromatic N) is 3. The molecule has 0 aliphatic heterocycles. The van der Waals surface area contributed by atoms with Crippen molar-refractivity contribution in [2.24, 2.45) is 7.05 Å². The summed E-state index contributed by atoms with van der Waals surface area (Å²) >= 11 is 3.11. The molecule has 2 aromatic rings. The van der Waals surface area contributed by atoms with Gasteiger partial charge in [0.25, 0.3) is 10.0 Å². The summed E-state index contributed by atoms with van der Waals surface area (Å²) in [7, 11) is -1.81. The zero-order valence-corrected chi connectivity index (χ0v) is 12.8. The van der Waals surface area contributed by atoms with Gasteiger partial charge in [-0.05, 0) is 28.9 Å². The van der Waals surface area contributed by atoms with Crippen molar-refractivity contribution in [2.45, 2.75) is 18.4 Å². The fourth-order valence-electron chi connectivity index (χ4n) is 1.50. The lowest BCUT2D eigenvalue weighted by molar-refractivity contribution is 0.442. The molecule has 2 rings (SSSR count). The first-order valence-corrected chi connectivity index (χ1v) is 7.77. The Morgan fingerprint density at radius 2 is 2.21 bits per heavy atom. The molecule has 2 aromatic heterocycles. The predicted molar refractivity (Wildman–Crippen MR) is 71.0 cm³/mol. The zero-order chi connectivity index (χ0) is 14.0. The first kappa shape index (κ1) is 14.2. The average Bonchev–Trinajstić information content (AvgIpc) is 2.90. The van der Waals surface area contributed by atoms with Gasteiger partial charge >= 0.3 is 0 Å². The van der Waals surface area contributed by atoms with Crippen LogP contribution in [0.3, 0.4) is 0 Å². The highest BCUT2D eigenvalue weighted by Crippen LogP contribution is 2.22. The molecule has 0 amide bonds. The number of aromatic nitrogens is 3. The van der Waals surface area contributed by atoms with Crippen LogP contribution in [0.4, 0.5) is 0 Å². The van der Waals surface area contributed by atoms with Crippen LogP contribution in [0.2, 0.25) is 0 Å². The minimum Gasteiger partial charge on any atom is -0.451 e. The normalized spacial score (nSPS) is 11.9. The van der Waals surface area contributed by atoms with Crippen molar-refractivity contribution in [2.75, 3.05) is 6.54 Å². The third-order valence-electron chi connectivity index (χ3n) is 2.65. The van der Waals surface area contributed by atoms with Crippen molar-refractivity contribution in [1.29, 1.82) is 0 Å². The van der Waals surface area contributed by atoms with E-state index < -0.39 is 10.0 Å². The Labute approximate surface area is 119 Å². The van der Waals surface area contributed by atoms with Gasteiger partial charge in [-0.15, -0.1) is 10.2 Å². The Kier molecular flexibility index (Phi) is 4.07. The molecule has 19 heavy (non-hydrogen) atoms. The molecule has 0 aliphatic carbocycles. The molecule has 0 aromatic carbocycles. The van der Waals surface area contributed by atoms with Gasteiger partial charge in [0.15, 0.2) is 0 Å². The van der Waals surface area contributed by atoms with Crippen LogP contribution in [0.5, 0.6) is 0 Å². The highest BCUT2D eigenvalue weighted by molar-refractivity contribution is 9.10. The van der Waals surface area contributed by atoms with Gasteiger partial charge in [0.2, 0.25) is 5.09 Å². The first-order chi connectivity index (χ1) is 8.92. The smallest absolute Gasteiger partial charge is 0.275 e. The molecular weight excluding hydrogens is 336 g/mol. The average molecular weight is 349 g/mol. The van der Waals surface area contributed by atoms with Crippen LogP contribution in [-0.4, -0.2) is 29.7 Å². The number of hydrogen-bond donors (Lipinski definition) is 1. The third kappa shape index (κ3) is 3.04. The molecule has 1 N–H and O–H groups in total. The van der Waals surface area contributed by atoms with Gasteiger partial charge in [-0.1, -0.05) is 0 Å². The summed E-state index contributed by atoms with van der Waals surface area (Å²) in [5, 5.41) is 7.74. The van der Waals surface area contributed by atoms with Crippen LogP contribution >= 0.6 is 15.9 Å². The van der Waals surface area contributed by atoms with Gasteiger partial charge < -0.3 is 8.98 Å². The second-order valence-corrected chi connectivity index (χ2v) is 6.45. The molecule has 2 heterocycles. The summed E-state index contributed by atoms with van der Waals surface area (Å²) in [6.07, 6.45) is 1.76. The van der Waals surface area contributed by atoms with E-state index in [9.17, 15) is 8.42 Å². The maximum absolute atomic E-state index is 11.9. The molecule has 0 saturated carbocycles. The minimum absolute atomic E-state index is 0.123. The Hall–Kier alpha value is -1.19. The van der Waals surface area contributed by atoms with Crippen LogP contribution in [0, 0.1) is 6.92 Å². The van der Waals surface area contributed by atoms with E-state index >= 15 is 0 Å². The number of sulfonamides is 1. The number of furan rings is 1. The Morgan fingerprint density at radius 1 is 1.47 bits per heavy atom. The van der Waals surface area contributed by atoms with Gasteiger partial charge in [-0.2, -0.15) is 0 Å². The molecule has 0 atom stereocenters. The van der Waals surface area contributed by atoms with Gasteiger partial charge in [-0.3, -0.25) is 0 Å². The van der Waals surface area contributed by atoms with Gasteiger partial charge in [0, 0.05) is 20.0 Å². The van der Waals surface area contributed by atoms with E-state index in [0.29, 0.717) is 10.9 Å². The highest BCUT2D eigenvalue weighted by atomic mass is 79.9. The van der Waals surface area contributed by atoms with Crippen LogP contribution in [0.25, 0.3) is 0 Å². The first-order valence-electron chi connectivity index (χ1n) is 5.49. The SMILES string of the molecule is Cc1nnc(CCNS(=O)(=O)c2occc2Br)n1C. The van der Waals surface area contributed by atoms with E-state index in [4.69, 9.17) is 4.42 Å². The molecule has 0 saturated heterocycles. The molecule has 0 spiro atoms. The lowest BCUT2D eigenvalue weighted by atomic mass is 10.4. The number of rotatable bonds is 5. The highest BCUT2D eigenvalue weighted by Gasteiger charge is 2.21. The Balaban J connectivity index is 2.00. The van der Waals surface area contributed by atoms with E-state index in [-0.39, 0.29) is 11.6 Å². The van der Waals surface area contributed by atoms with E-state index in [1.165, 1.54) is 12.3 Å². The molecule has 0 radical (unpaired) electrons. The molecule has 0 unspecified atom stereocenters. The quantitative estimate of drug-likeness (QED) is 0.870. The van der Waals surface area contributed by atoms with E-state index in [2.05, 4.69) is 30.8 Å². The summed E-state index contributed by atoms with van der Waals surface area (Å²) in [6.45, 7) is 2.06. The minimum atomic E-state index is -3.64. The van der Waals surface area contributed by atoms with E-state index in [1.54, 1.807) is 0 Å². The number of halogens is 1. The maximum atomic E-state index is 11.9. The zero-order valence-electron chi connectivity index (χ0n) is 10.4. The number of nitrogens with one attached hydrogen (secondary N) is 1. The maximum Gasteiger partial charge on any atom is 0.275 e. The summed E-state index contributed by atoms with van der Waals surface area (Å²) in [4.78, 5) is 0. The van der Waals surface area contributed by atoms with Crippen molar-refractivity contribution >= 4 is 26.0 Å². The molecule has 0 aliphatic rings.